The van der Waals surface area contributed by atoms with Crippen molar-refractivity contribution in [2.45, 2.75) is 34.6 Å². The van der Waals surface area contributed by atoms with Crippen molar-refractivity contribution in [1.29, 1.82) is 0 Å². The van der Waals surface area contributed by atoms with Crippen LogP contribution in [-0.2, 0) is 0 Å². The average molecular weight is 358 g/mol. The summed E-state index contributed by atoms with van der Waals surface area (Å²) in [5, 5.41) is 0. The summed E-state index contributed by atoms with van der Waals surface area (Å²) in [7, 11) is 0. The number of aromatic nitrogens is 2. The van der Waals surface area contributed by atoms with Crippen LogP contribution in [0.5, 0.6) is 0 Å². The van der Waals surface area contributed by atoms with E-state index < -0.39 is 0 Å². The fourth-order valence-electron chi connectivity index (χ4n) is 2.83. The van der Waals surface area contributed by atoms with Gasteiger partial charge in [0.15, 0.2) is 11.6 Å². The number of furan rings is 1. The molecular weight excluding hydrogens is 332 g/mol. The van der Waals surface area contributed by atoms with Gasteiger partial charge in [-0.05, 0) is 57.9 Å². The van der Waals surface area contributed by atoms with Crippen LogP contribution in [0.25, 0.3) is 28.4 Å². The molecule has 138 valence electrons. The van der Waals surface area contributed by atoms with E-state index in [9.17, 15) is 0 Å². The summed E-state index contributed by atoms with van der Waals surface area (Å²) < 4.78 is 6.08. The van der Waals surface area contributed by atoms with E-state index in [-0.39, 0.29) is 0 Å². The maximum absolute atomic E-state index is 6.08. The predicted molar refractivity (Wildman–Crippen MR) is 113 cm³/mol. The highest BCUT2D eigenvalue weighted by Crippen LogP contribution is 2.29. The molecule has 0 radical (unpaired) electrons. The zero-order valence-corrected chi connectivity index (χ0v) is 16.6. The van der Waals surface area contributed by atoms with Gasteiger partial charge in [0.2, 0.25) is 0 Å². The summed E-state index contributed by atoms with van der Waals surface area (Å²) in [6, 6.07) is 14.2. The third-order valence-corrected chi connectivity index (χ3v) is 4.51. The number of hydrogen-bond acceptors (Lipinski definition) is 2. The smallest absolute Gasteiger partial charge is 0.174 e. The molecule has 0 saturated carbocycles. The number of H-pyrrole nitrogens is 1. The Morgan fingerprint density at radius 1 is 1.00 bits per heavy atom. The highest BCUT2D eigenvalue weighted by atomic mass is 16.3. The Labute approximate surface area is 161 Å². The van der Waals surface area contributed by atoms with Crippen LogP contribution in [0.3, 0.4) is 0 Å². The lowest BCUT2D eigenvalue weighted by molar-refractivity contribution is 0.563. The van der Waals surface area contributed by atoms with Gasteiger partial charge in [-0.15, -0.1) is 0 Å². The van der Waals surface area contributed by atoms with Crippen molar-refractivity contribution in [3.05, 3.63) is 83.3 Å². The molecule has 2 aromatic heterocycles. The van der Waals surface area contributed by atoms with Crippen molar-refractivity contribution >= 4 is 5.57 Å². The van der Waals surface area contributed by atoms with Gasteiger partial charge in [0, 0.05) is 11.3 Å². The topological polar surface area (TPSA) is 41.8 Å². The van der Waals surface area contributed by atoms with Crippen LogP contribution in [0, 0.1) is 6.92 Å². The molecule has 0 atom stereocenters. The Morgan fingerprint density at radius 2 is 1.74 bits per heavy atom. The van der Waals surface area contributed by atoms with Crippen molar-refractivity contribution < 1.29 is 4.42 Å². The standard InChI is InChI=1S/C24H26N2O/c1-16(2)10-9-11-17(3)18(4)21-14-15-22(27-21)24-25-19(5)23(26-24)20-12-7-6-8-13-20/h6-15H,1-5H3,(H,25,26)/b11-9-,18-17+. The molecule has 0 fully saturated rings. The number of rotatable bonds is 5. The van der Waals surface area contributed by atoms with Gasteiger partial charge in [-0.1, -0.05) is 54.1 Å². The van der Waals surface area contributed by atoms with Gasteiger partial charge < -0.3 is 9.40 Å². The first-order valence-electron chi connectivity index (χ1n) is 9.17. The molecule has 1 N–H and O–H groups in total. The average Bonchev–Trinajstić information content (AvgIpc) is 3.28. The lowest BCUT2D eigenvalue weighted by Crippen LogP contribution is -1.81. The number of aryl methyl sites for hydroxylation is 1. The number of allylic oxidation sites excluding steroid dienone is 6. The Hall–Kier alpha value is -3.07. The Bertz CT molecular complexity index is 1010. The monoisotopic (exact) mass is 358 g/mol. The van der Waals surface area contributed by atoms with Gasteiger partial charge in [-0.25, -0.2) is 4.98 Å². The predicted octanol–water partition coefficient (Wildman–Crippen LogP) is 6.96. The van der Waals surface area contributed by atoms with E-state index in [4.69, 9.17) is 9.40 Å². The van der Waals surface area contributed by atoms with Crippen molar-refractivity contribution in [1.82, 2.24) is 9.97 Å². The molecule has 3 rings (SSSR count). The normalized spacial score (nSPS) is 12.3. The molecule has 0 aliphatic rings. The molecule has 3 nitrogen and oxygen atoms in total. The maximum atomic E-state index is 6.08. The van der Waals surface area contributed by atoms with Gasteiger partial charge in [0.05, 0.1) is 5.69 Å². The first kappa shape index (κ1) is 18.7. The molecule has 0 unspecified atom stereocenters. The first-order chi connectivity index (χ1) is 13.0. The summed E-state index contributed by atoms with van der Waals surface area (Å²) in [6.07, 6.45) is 6.27. The molecule has 0 spiro atoms. The minimum Gasteiger partial charge on any atom is -0.453 e. The van der Waals surface area contributed by atoms with Crippen molar-refractivity contribution in [3.8, 4) is 22.8 Å². The third-order valence-electron chi connectivity index (χ3n) is 4.51. The van der Waals surface area contributed by atoms with Gasteiger partial charge >= 0.3 is 0 Å². The second kappa shape index (κ2) is 8.09. The van der Waals surface area contributed by atoms with E-state index in [1.165, 1.54) is 11.1 Å². The third kappa shape index (κ3) is 4.37. The van der Waals surface area contributed by atoms with E-state index in [0.29, 0.717) is 0 Å². The summed E-state index contributed by atoms with van der Waals surface area (Å²) >= 11 is 0. The highest BCUT2D eigenvalue weighted by molar-refractivity contribution is 5.69. The van der Waals surface area contributed by atoms with Gasteiger partial charge in [0.25, 0.3) is 0 Å². The van der Waals surface area contributed by atoms with E-state index in [1.54, 1.807) is 0 Å². The highest BCUT2D eigenvalue weighted by Gasteiger charge is 2.14. The van der Waals surface area contributed by atoms with Crippen LogP contribution in [0.1, 0.15) is 39.1 Å². The minimum atomic E-state index is 0.746. The fourth-order valence-corrected chi connectivity index (χ4v) is 2.83. The van der Waals surface area contributed by atoms with Gasteiger partial charge in [-0.3, -0.25) is 0 Å². The second-order valence-corrected chi connectivity index (χ2v) is 7.00. The van der Waals surface area contributed by atoms with E-state index in [2.05, 4.69) is 63.0 Å². The molecule has 27 heavy (non-hydrogen) atoms. The summed E-state index contributed by atoms with van der Waals surface area (Å²) in [5.74, 6) is 2.36. The molecular formula is C24H26N2O. The maximum Gasteiger partial charge on any atom is 0.174 e. The lowest BCUT2D eigenvalue weighted by atomic mass is 10.1. The molecule has 1 aromatic carbocycles. The Morgan fingerprint density at radius 3 is 2.44 bits per heavy atom. The van der Waals surface area contributed by atoms with Crippen LogP contribution in [0.4, 0.5) is 0 Å². The van der Waals surface area contributed by atoms with Crippen LogP contribution in [0.15, 0.2) is 76.3 Å². The van der Waals surface area contributed by atoms with Crippen LogP contribution in [-0.4, -0.2) is 9.97 Å². The van der Waals surface area contributed by atoms with E-state index in [0.717, 1.165) is 39.9 Å². The first-order valence-corrected chi connectivity index (χ1v) is 9.17. The van der Waals surface area contributed by atoms with Crippen molar-refractivity contribution in [2.75, 3.05) is 0 Å². The number of benzene rings is 1. The molecule has 0 aliphatic heterocycles. The molecule has 0 amide bonds. The Kier molecular flexibility index (Phi) is 5.60. The van der Waals surface area contributed by atoms with E-state index in [1.807, 2.05) is 37.3 Å². The summed E-state index contributed by atoms with van der Waals surface area (Å²) in [6.45, 7) is 10.4. The molecule has 0 bridgehead atoms. The van der Waals surface area contributed by atoms with Crippen LogP contribution >= 0.6 is 0 Å². The van der Waals surface area contributed by atoms with Crippen molar-refractivity contribution in [2.24, 2.45) is 0 Å². The largest absolute Gasteiger partial charge is 0.453 e. The molecule has 2 heterocycles. The number of nitrogens with one attached hydrogen (secondary N) is 1. The quantitative estimate of drug-likeness (QED) is 0.501. The zero-order chi connectivity index (χ0) is 19.4. The molecule has 3 heteroatoms. The zero-order valence-electron chi connectivity index (χ0n) is 16.6. The number of imidazole rings is 1. The number of nitrogens with zero attached hydrogens (tertiary/aromatic N) is 1. The van der Waals surface area contributed by atoms with Crippen LogP contribution < -0.4 is 0 Å². The fraction of sp³-hybridized carbons (Fsp3) is 0.208. The summed E-state index contributed by atoms with van der Waals surface area (Å²) in [5.41, 5.74) is 6.65. The molecule has 3 aromatic rings. The number of aromatic amines is 1. The van der Waals surface area contributed by atoms with Gasteiger partial charge in [-0.2, -0.15) is 0 Å². The number of hydrogen-bond donors (Lipinski definition) is 1. The minimum absolute atomic E-state index is 0.746. The molecule has 0 aliphatic carbocycles. The molecule has 0 saturated heterocycles. The van der Waals surface area contributed by atoms with Crippen LogP contribution in [0.2, 0.25) is 0 Å². The lowest BCUT2D eigenvalue weighted by Gasteiger charge is -2.00. The second-order valence-electron chi connectivity index (χ2n) is 7.00. The Balaban J connectivity index is 1.88. The van der Waals surface area contributed by atoms with Gasteiger partial charge in [0.1, 0.15) is 5.76 Å². The van der Waals surface area contributed by atoms with E-state index >= 15 is 0 Å². The summed E-state index contributed by atoms with van der Waals surface area (Å²) in [4.78, 5) is 8.09. The van der Waals surface area contributed by atoms with Crippen molar-refractivity contribution in [3.63, 3.8) is 0 Å². The SMILES string of the molecule is CC(C)=C/C=C\C(C)=C(/C)c1ccc(-c2nc(-c3ccccc3)c(C)[nH]2)o1.